The molecule has 25 heavy (non-hydrogen) atoms. The predicted octanol–water partition coefficient (Wildman–Crippen LogP) is 2.19. The largest absolute Gasteiger partial charge is 0.445 e. The van der Waals surface area contributed by atoms with Gasteiger partial charge >= 0.3 is 6.18 Å². The first-order valence-electron chi connectivity index (χ1n) is 6.54. The summed E-state index contributed by atoms with van der Waals surface area (Å²) in [5.74, 6) is -1.36. The summed E-state index contributed by atoms with van der Waals surface area (Å²) in [5, 5.41) is 2.07. The van der Waals surface area contributed by atoms with Crippen molar-refractivity contribution in [2.75, 3.05) is 5.75 Å². The summed E-state index contributed by atoms with van der Waals surface area (Å²) in [6.07, 6.45) is -3.48. The molecule has 0 spiro atoms. The fourth-order valence-electron chi connectivity index (χ4n) is 1.68. The fourth-order valence-corrected chi connectivity index (χ4v) is 3.96. The molecule has 0 saturated heterocycles. The average molecular weight is 459 g/mol. The van der Waals surface area contributed by atoms with Crippen LogP contribution in [0.3, 0.4) is 0 Å². The lowest BCUT2D eigenvalue weighted by Gasteiger charge is -2.05. The number of nitrogens with zero attached hydrogens (tertiary/aromatic N) is 4. The Morgan fingerprint density at radius 1 is 1.44 bits per heavy atom. The lowest BCUT2D eigenvalue weighted by atomic mass is 10.3. The van der Waals surface area contributed by atoms with E-state index in [4.69, 9.17) is 0 Å². The van der Waals surface area contributed by atoms with Crippen LogP contribution in [0.4, 0.5) is 13.2 Å². The van der Waals surface area contributed by atoms with Gasteiger partial charge in [-0.15, -0.1) is 0 Å². The van der Waals surface area contributed by atoms with Gasteiger partial charge in [0.1, 0.15) is 5.69 Å². The van der Waals surface area contributed by atoms with Crippen molar-refractivity contribution < 1.29 is 26.4 Å². The van der Waals surface area contributed by atoms with Crippen molar-refractivity contribution in [1.82, 2.24) is 14.8 Å². The molecule has 13 heteroatoms. The quantitative estimate of drug-likeness (QED) is 0.702. The van der Waals surface area contributed by atoms with Crippen molar-refractivity contribution in [2.45, 2.75) is 18.0 Å². The van der Waals surface area contributed by atoms with Crippen molar-refractivity contribution in [3.05, 3.63) is 32.2 Å². The first-order chi connectivity index (χ1) is 11.5. The van der Waals surface area contributed by atoms with Gasteiger partial charge in [-0.2, -0.15) is 23.3 Å². The first-order valence-corrected chi connectivity index (χ1v) is 9.80. The highest BCUT2D eigenvalue weighted by Crippen LogP contribution is 2.29. The molecule has 0 atom stereocenters. The summed E-state index contributed by atoms with van der Waals surface area (Å²) in [6, 6.07) is 1.20. The fraction of sp³-hybridized carbons (Fsp3) is 0.333. The van der Waals surface area contributed by atoms with E-state index in [0.29, 0.717) is 4.47 Å². The molecule has 0 aliphatic heterocycles. The summed E-state index contributed by atoms with van der Waals surface area (Å²) in [6.45, 7) is 1.39. The third-order valence-electron chi connectivity index (χ3n) is 2.88. The molecule has 2 heterocycles. The molecule has 0 N–H and O–H groups in total. The summed E-state index contributed by atoms with van der Waals surface area (Å²) < 4.78 is 63.3. The third kappa shape index (κ3) is 4.33. The van der Waals surface area contributed by atoms with Crippen molar-refractivity contribution in [3.63, 3.8) is 0 Å². The van der Waals surface area contributed by atoms with E-state index in [-0.39, 0.29) is 26.8 Å². The molecule has 2 aromatic rings. The van der Waals surface area contributed by atoms with E-state index in [1.165, 1.54) is 26.2 Å². The van der Waals surface area contributed by atoms with Gasteiger partial charge in [-0.1, -0.05) is 18.3 Å². The predicted molar refractivity (Wildman–Crippen MR) is 85.6 cm³/mol. The number of rotatable bonds is 3. The zero-order valence-electron chi connectivity index (χ0n) is 12.7. The number of amides is 1. The van der Waals surface area contributed by atoms with E-state index in [1.54, 1.807) is 0 Å². The van der Waals surface area contributed by atoms with Crippen LogP contribution in [-0.4, -0.2) is 34.8 Å². The molecule has 1 amide bonds. The molecule has 0 aliphatic carbocycles. The van der Waals surface area contributed by atoms with Gasteiger partial charge in [0.25, 0.3) is 5.91 Å². The van der Waals surface area contributed by atoms with E-state index < -0.39 is 32.6 Å². The van der Waals surface area contributed by atoms with Crippen molar-refractivity contribution >= 4 is 43.0 Å². The molecule has 0 bridgehead atoms. The van der Waals surface area contributed by atoms with Crippen LogP contribution in [0.25, 0.3) is 0 Å². The Bertz CT molecular complexity index is 996. The normalized spacial score (nSPS) is 13.3. The van der Waals surface area contributed by atoms with Crippen LogP contribution in [0.15, 0.2) is 26.6 Å². The monoisotopic (exact) mass is 458 g/mol. The van der Waals surface area contributed by atoms with Crippen molar-refractivity contribution in [2.24, 2.45) is 12.0 Å². The second-order valence-electron chi connectivity index (χ2n) is 4.63. The van der Waals surface area contributed by atoms with Gasteiger partial charge in [-0.3, -0.25) is 4.79 Å². The van der Waals surface area contributed by atoms with Crippen LogP contribution in [0.5, 0.6) is 0 Å². The SMILES string of the molecule is CCS(=O)(=O)c1cc(Br)cnc1C(=O)N=c1sc(C(F)(F)F)nn1C. The van der Waals surface area contributed by atoms with Gasteiger partial charge in [0.2, 0.25) is 9.81 Å². The molecule has 2 rings (SSSR count). The molecule has 0 saturated carbocycles. The summed E-state index contributed by atoms with van der Waals surface area (Å²) in [4.78, 5) is 18.9. The Hall–Kier alpha value is -1.60. The minimum absolute atomic E-state index is 0.165. The van der Waals surface area contributed by atoms with Gasteiger partial charge in [-0.05, 0) is 22.0 Å². The minimum atomic E-state index is -4.67. The number of hydrogen-bond donors (Lipinski definition) is 0. The Labute approximate surface area is 152 Å². The van der Waals surface area contributed by atoms with E-state index in [2.05, 4.69) is 31.0 Å². The topological polar surface area (TPSA) is 94.3 Å². The van der Waals surface area contributed by atoms with E-state index in [9.17, 15) is 26.4 Å². The molecule has 0 aliphatic rings. The number of carbonyl (C=O) groups is 1. The number of hydrogen-bond acceptors (Lipinski definition) is 6. The number of sulfone groups is 1. The van der Waals surface area contributed by atoms with Crippen molar-refractivity contribution in [3.8, 4) is 0 Å². The van der Waals surface area contributed by atoms with Crippen LogP contribution < -0.4 is 4.80 Å². The van der Waals surface area contributed by atoms with Crippen LogP contribution in [0, 0.1) is 0 Å². The molecule has 0 fully saturated rings. The van der Waals surface area contributed by atoms with Gasteiger partial charge in [0.05, 0.1) is 10.6 Å². The minimum Gasteiger partial charge on any atom is -0.265 e. The maximum atomic E-state index is 12.7. The molecule has 7 nitrogen and oxygen atoms in total. The van der Waals surface area contributed by atoms with Gasteiger partial charge < -0.3 is 0 Å². The van der Waals surface area contributed by atoms with Gasteiger partial charge in [0.15, 0.2) is 9.84 Å². The lowest BCUT2D eigenvalue weighted by Crippen LogP contribution is -2.17. The summed E-state index contributed by atoms with van der Waals surface area (Å²) in [5.41, 5.74) is -0.466. The molecular formula is C12H10BrF3N4O3S2. The maximum Gasteiger partial charge on any atom is 0.445 e. The average Bonchev–Trinajstić information content (AvgIpc) is 2.88. The molecule has 0 unspecified atom stereocenters. The van der Waals surface area contributed by atoms with Gasteiger partial charge in [-0.25, -0.2) is 18.1 Å². The van der Waals surface area contributed by atoms with Crippen LogP contribution in [0.1, 0.15) is 22.4 Å². The Morgan fingerprint density at radius 3 is 2.60 bits per heavy atom. The van der Waals surface area contributed by atoms with Gasteiger partial charge in [0, 0.05) is 17.7 Å². The van der Waals surface area contributed by atoms with Crippen LogP contribution in [0.2, 0.25) is 0 Å². The molecule has 136 valence electrons. The zero-order chi connectivity index (χ0) is 19.0. The Kier molecular flexibility index (Phi) is 5.49. The van der Waals surface area contributed by atoms with E-state index >= 15 is 0 Å². The number of alkyl halides is 3. The Balaban J connectivity index is 2.59. The highest BCUT2D eigenvalue weighted by atomic mass is 79.9. The number of carbonyl (C=O) groups excluding carboxylic acids is 1. The summed E-state index contributed by atoms with van der Waals surface area (Å²) in [7, 11) is -2.60. The highest BCUT2D eigenvalue weighted by molar-refractivity contribution is 9.10. The molecule has 0 radical (unpaired) electrons. The zero-order valence-corrected chi connectivity index (χ0v) is 15.9. The standard InChI is InChI=1S/C12H10BrF3N4O3S2/c1-3-25(22,23)7-4-6(13)5-17-8(7)9(21)18-11-20(2)19-10(24-11)12(14,15)16/h4-5H,3H2,1-2H3. The maximum absolute atomic E-state index is 12.7. The van der Waals surface area contributed by atoms with E-state index in [0.717, 1.165) is 4.68 Å². The highest BCUT2D eigenvalue weighted by Gasteiger charge is 2.35. The second kappa shape index (κ2) is 6.96. The Morgan fingerprint density at radius 2 is 2.08 bits per heavy atom. The van der Waals surface area contributed by atoms with Crippen molar-refractivity contribution in [1.29, 1.82) is 0 Å². The molecular weight excluding hydrogens is 449 g/mol. The lowest BCUT2D eigenvalue weighted by molar-refractivity contribution is -0.138. The molecule has 2 aromatic heterocycles. The first kappa shape index (κ1) is 19.7. The van der Waals surface area contributed by atoms with E-state index in [1.807, 2.05) is 0 Å². The van der Waals surface area contributed by atoms with Crippen LogP contribution in [-0.2, 0) is 23.1 Å². The van der Waals surface area contributed by atoms with Crippen LogP contribution >= 0.6 is 27.3 Å². The summed E-state index contributed by atoms with van der Waals surface area (Å²) >= 11 is 3.23. The number of pyridine rings is 1. The number of aromatic nitrogens is 3. The second-order valence-corrected chi connectivity index (χ2v) is 8.75. The smallest absolute Gasteiger partial charge is 0.265 e. The number of halogens is 4. The number of aryl methyl sites for hydroxylation is 1. The third-order valence-corrected chi connectivity index (χ3v) is 6.10. The molecule has 0 aromatic carbocycles.